The summed E-state index contributed by atoms with van der Waals surface area (Å²) in [7, 11) is 1.61. The van der Waals surface area contributed by atoms with Crippen molar-refractivity contribution in [2.45, 2.75) is 0 Å². The predicted octanol–water partition coefficient (Wildman–Crippen LogP) is 3.77. The minimum absolute atomic E-state index is 0.0403. The van der Waals surface area contributed by atoms with Gasteiger partial charge in [0.15, 0.2) is 0 Å². The van der Waals surface area contributed by atoms with Crippen molar-refractivity contribution < 1.29 is 9.53 Å². The highest BCUT2D eigenvalue weighted by atomic mass is 79.9. The normalized spacial score (nSPS) is 13.2. The highest BCUT2D eigenvalue weighted by molar-refractivity contribution is 9.10. The van der Waals surface area contributed by atoms with Crippen LogP contribution in [0.15, 0.2) is 51.9 Å². The largest absolute Gasteiger partial charge is 0.497 e. The van der Waals surface area contributed by atoms with Crippen molar-refractivity contribution in [2.75, 3.05) is 7.11 Å². The van der Waals surface area contributed by atoms with Crippen molar-refractivity contribution in [3.63, 3.8) is 0 Å². The number of carbonyl (C=O) groups excluding carboxylic acids is 1. The number of methoxy groups -OCH3 is 1. The first-order chi connectivity index (χ1) is 9.19. The van der Waals surface area contributed by atoms with E-state index in [9.17, 15) is 4.79 Å². The van der Waals surface area contributed by atoms with E-state index in [4.69, 9.17) is 4.74 Å². The Hall–Kier alpha value is -1.94. The van der Waals surface area contributed by atoms with Crippen molar-refractivity contribution in [1.82, 2.24) is 0 Å². The molecule has 4 heteroatoms. The van der Waals surface area contributed by atoms with Crippen molar-refractivity contribution in [2.24, 2.45) is 4.99 Å². The molecule has 0 spiro atoms. The van der Waals surface area contributed by atoms with Crippen molar-refractivity contribution >= 4 is 33.1 Å². The van der Waals surface area contributed by atoms with Gasteiger partial charge in [0.1, 0.15) is 11.5 Å². The fourth-order valence-electron chi connectivity index (χ4n) is 2.03. The number of Topliss-reactive ketones (excluding diaryl/α,β-unsaturated/α-hetero) is 1. The number of carbonyl (C=O) groups is 1. The zero-order valence-corrected chi connectivity index (χ0v) is 11.8. The molecule has 0 saturated heterocycles. The second-order valence-electron chi connectivity index (χ2n) is 4.18. The number of halogens is 1. The molecule has 2 aromatic rings. The topological polar surface area (TPSA) is 38.7 Å². The average Bonchev–Trinajstić information content (AvgIpc) is 2.76. The fraction of sp³-hybridized carbons (Fsp3) is 0.0667. The second-order valence-corrected chi connectivity index (χ2v) is 5.10. The SMILES string of the molecule is COc1ccc(C2=Nc3ccc(Br)cc3C2=O)cc1. The number of nitrogens with zero attached hydrogens (tertiary/aromatic N) is 1. The maximum absolute atomic E-state index is 12.3. The molecule has 0 unspecified atom stereocenters. The second kappa shape index (κ2) is 4.63. The zero-order chi connectivity index (χ0) is 13.4. The maximum atomic E-state index is 12.3. The maximum Gasteiger partial charge on any atom is 0.214 e. The van der Waals surface area contributed by atoms with Crippen LogP contribution >= 0.6 is 15.9 Å². The number of aliphatic imine (C=N–C) groups is 1. The molecule has 1 aliphatic rings. The number of fused-ring (bicyclic) bond motifs is 1. The van der Waals surface area contributed by atoms with Crippen LogP contribution in [0.1, 0.15) is 15.9 Å². The zero-order valence-electron chi connectivity index (χ0n) is 10.2. The Labute approximate surface area is 119 Å². The lowest BCUT2D eigenvalue weighted by atomic mass is 10.0. The Bertz CT molecular complexity index is 690. The molecule has 1 aliphatic heterocycles. The van der Waals surface area contributed by atoms with Gasteiger partial charge in [0.2, 0.25) is 5.78 Å². The molecule has 19 heavy (non-hydrogen) atoms. The van der Waals surface area contributed by atoms with Crippen LogP contribution in [-0.2, 0) is 0 Å². The molecular formula is C15H10BrNO2. The summed E-state index contributed by atoms with van der Waals surface area (Å²) in [5.74, 6) is 0.719. The molecule has 0 radical (unpaired) electrons. The molecule has 0 aromatic heterocycles. The van der Waals surface area contributed by atoms with Crippen LogP contribution in [-0.4, -0.2) is 18.6 Å². The first-order valence-electron chi connectivity index (χ1n) is 5.76. The van der Waals surface area contributed by atoms with E-state index in [0.717, 1.165) is 21.5 Å². The van der Waals surface area contributed by atoms with E-state index in [2.05, 4.69) is 20.9 Å². The summed E-state index contributed by atoms with van der Waals surface area (Å²) in [6.45, 7) is 0. The molecule has 3 nitrogen and oxygen atoms in total. The van der Waals surface area contributed by atoms with E-state index in [1.165, 1.54) is 0 Å². The molecule has 2 aromatic carbocycles. The van der Waals surface area contributed by atoms with E-state index in [1.807, 2.05) is 36.4 Å². The number of hydrogen-bond acceptors (Lipinski definition) is 3. The van der Waals surface area contributed by atoms with Gasteiger partial charge in [0.05, 0.1) is 18.4 Å². The third-order valence-corrected chi connectivity index (χ3v) is 3.51. The highest BCUT2D eigenvalue weighted by Gasteiger charge is 2.25. The predicted molar refractivity (Wildman–Crippen MR) is 77.7 cm³/mol. The molecule has 0 amide bonds. The van der Waals surface area contributed by atoms with Gasteiger partial charge in [-0.1, -0.05) is 15.9 Å². The van der Waals surface area contributed by atoms with Crippen LogP contribution < -0.4 is 4.74 Å². The van der Waals surface area contributed by atoms with E-state index in [0.29, 0.717) is 11.3 Å². The van der Waals surface area contributed by atoms with Crippen LogP contribution in [0.2, 0.25) is 0 Å². The Morgan fingerprint density at radius 2 is 1.84 bits per heavy atom. The Balaban J connectivity index is 2.02. The average molecular weight is 316 g/mol. The summed E-state index contributed by atoms with van der Waals surface area (Å²) in [5, 5.41) is 0. The highest BCUT2D eigenvalue weighted by Crippen LogP contribution is 2.31. The van der Waals surface area contributed by atoms with Crippen molar-refractivity contribution in [1.29, 1.82) is 0 Å². The van der Waals surface area contributed by atoms with Gasteiger partial charge in [-0.25, -0.2) is 4.99 Å². The van der Waals surface area contributed by atoms with E-state index >= 15 is 0 Å². The molecule has 0 N–H and O–H groups in total. The lowest BCUT2D eigenvalue weighted by molar-refractivity contribution is 0.107. The van der Waals surface area contributed by atoms with Crippen LogP contribution in [0.25, 0.3) is 0 Å². The summed E-state index contributed by atoms with van der Waals surface area (Å²) in [4.78, 5) is 16.7. The molecule has 3 rings (SSSR count). The minimum atomic E-state index is -0.0403. The molecule has 0 bridgehead atoms. The molecule has 94 valence electrons. The molecule has 0 atom stereocenters. The number of benzene rings is 2. The van der Waals surface area contributed by atoms with Crippen LogP contribution in [0.3, 0.4) is 0 Å². The first kappa shape index (κ1) is 12.1. The standard InChI is InChI=1S/C15H10BrNO2/c1-19-11-5-2-9(3-6-11)14-15(18)12-8-10(16)4-7-13(12)17-14/h2-8H,1H3. The van der Waals surface area contributed by atoms with Gasteiger partial charge in [-0.15, -0.1) is 0 Å². The van der Waals surface area contributed by atoms with Crippen molar-refractivity contribution in [3.8, 4) is 5.75 Å². The molecule has 1 heterocycles. The Morgan fingerprint density at radius 3 is 2.53 bits per heavy atom. The molecule has 0 aliphatic carbocycles. The lowest BCUT2D eigenvalue weighted by Crippen LogP contribution is -2.10. The first-order valence-corrected chi connectivity index (χ1v) is 6.56. The quantitative estimate of drug-likeness (QED) is 0.846. The molecular weight excluding hydrogens is 306 g/mol. The summed E-state index contributed by atoms with van der Waals surface area (Å²) in [6, 6.07) is 12.9. The summed E-state index contributed by atoms with van der Waals surface area (Å²) < 4.78 is 5.99. The lowest BCUT2D eigenvalue weighted by Gasteiger charge is -2.02. The van der Waals surface area contributed by atoms with Crippen LogP contribution in [0, 0.1) is 0 Å². The van der Waals surface area contributed by atoms with Gasteiger partial charge in [-0.3, -0.25) is 4.79 Å². The number of rotatable bonds is 2. The van der Waals surface area contributed by atoms with Gasteiger partial charge in [-0.05, 0) is 42.5 Å². The molecule has 0 saturated carbocycles. The minimum Gasteiger partial charge on any atom is -0.497 e. The number of ketones is 1. The summed E-state index contributed by atoms with van der Waals surface area (Å²) in [6.07, 6.45) is 0. The summed E-state index contributed by atoms with van der Waals surface area (Å²) >= 11 is 3.37. The van der Waals surface area contributed by atoms with Gasteiger partial charge < -0.3 is 4.74 Å². The third kappa shape index (κ3) is 2.08. The van der Waals surface area contributed by atoms with E-state index in [1.54, 1.807) is 13.2 Å². The smallest absolute Gasteiger partial charge is 0.214 e. The van der Waals surface area contributed by atoms with E-state index in [-0.39, 0.29) is 5.78 Å². The van der Waals surface area contributed by atoms with Crippen molar-refractivity contribution in [3.05, 3.63) is 58.1 Å². The van der Waals surface area contributed by atoms with Gasteiger partial charge in [0.25, 0.3) is 0 Å². The summed E-state index contributed by atoms with van der Waals surface area (Å²) in [5.41, 5.74) is 2.65. The van der Waals surface area contributed by atoms with Gasteiger partial charge in [-0.2, -0.15) is 0 Å². The third-order valence-electron chi connectivity index (χ3n) is 3.01. The van der Waals surface area contributed by atoms with E-state index < -0.39 is 0 Å². The molecule has 0 fully saturated rings. The van der Waals surface area contributed by atoms with Crippen LogP contribution in [0.4, 0.5) is 5.69 Å². The Kier molecular flexibility index (Phi) is 2.95. The Morgan fingerprint density at radius 1 is 1.11 bits per heavy atom. The monoisotopic (exact) mass is 315 g/mol. The van der Waals surface area contributed by atoms with Crippen LogP contribution in [0.5, 0.6) is 5.75 Å². The number of hydrogen-bond donors (Lipinski definition) is 0. The van der Waals surface area contributed by atoms with Gasteiger partial charge >= 0.3 is 0 Å². The fourth-order valence-corrected chi connectivity index (χ4v) is 2.39. The van der Waals surface area contributed by atoms with Gasteiger partial charge in [0, 0.05) is 10.0 Å². The number of ether oxygens (including phenoxy) is 1.